The molecule has 1 fully saturated rings. The molecule has 0 aliphatic carbocycles. The van der Waals surface area contributed by atoms with Gasteiger partial charge in [-0.05, 0) is 0 Å². The van der Waals surface area contributed by atoms with Gasteiger partial charge < -0.3 is 28.8 Å². The smallest absolute Gasteiger partial charge is 0.337 e. The molecule has 0 aromatic rings. The lowest BCUT2D eigenvalue weighted by molar-refractivity contribution is -0.293. The van der Waals surface area contributed by atoms with Crippen molar-refractivity contribution in [3.8, 4) is 0 Å². The van der Waals surface area contributed by atoms with Crippen molar-refractivity contribution in [2.75, 3.05) is 0 Å². The molecule has 0 radical (unpaired) electrons. The number of aliphatic carboxylic acids is 1. The minimum atomic E-state index is -1.83. The van der Waals surface area contributed by atoms with Crippen molar-refractivity contribution in [1.82, 2.24) is 0 Å². The maximum absolute atomic E-state index is 11.4. The zero-order chi connectivity index (χ0) is 19.3. The largest absolute Gasteiger partial charge is 0.479 e. The third kappa shape index (κ3) is 5.71. The van der Waals surface area contributed by atoms with E-state index in [2.05, 4.69) is 0 Å². The van der Waals surface area contributed by atoms with E-state index in [0.29, 0.717) is 0 Å². The number of carbonyl (C=O) groups is 5. The highest BCUT2D eigenvalue weighted by atomic mass is 16.7. The van der Waals surface area contributed by atoms with Crippen molar-refractivity contribution in [2.24, 2.45) is 0 Å². The van der Waals surface area contributed by atoms with Gasteiger partial charge in [0, 0.05) is 27.7 Å². The van der Waals surface area contributed by atoms with E-state index in [9.17, 15) is 29.1 Å². The van der Waals surface area contributed by atoms with E-state index in [1.165, 1.54) is 0 Å². The third-order valence-corrected chi connectivity index (χ3v) is 2.93. The Morgan fingerprint density at radius 2 is 1.08 bits per heavy atom. The fourth-order valence-electron chi connectivity index (χ4n) is 2.23. The van der Waals surface area contributed by atoms with Gasteiger partial charge in [-0.25, -0.2) is 4.79 Å². The summed E-state index contributed by atoms with van der Waals surface area (Å²) in [5.74, 6) is -5.03. The molecule has 1 aliphatic rings. The number of rotatable bonds is 5. The molecule has 5 atom stereocenters. The summed E-state index contributed by atoms with van der Waals surface area (Å²) in [6, 6.07) is 0. The van der Waals surface area contributed by atoms with Gasteiger partial charge >= 0.3 is 29.8 Å². The number of carboxylic acid groups (broad SMARTS) is 1. The van der Waals surface area contributed by atoms with Crippen LogP contribution < -0.4 is 0 Å². The Bertz CT molecular complexity index is 569. The first kappa shape index (κ1) is 20.4. The second-order valence-electron chi connectivity index (χ2n) is 5.09. The average molecular weight is 362 g/mol. The summed E-state index contributed by atoms with van der Waals surface area (Å²) in [7, 11) is 0. The van der Waals surface area contributed by atoms with Gasteiger partial charge in [0.15, 0.2) is 18.3 Å². The molecule has 25 heavy (non-hydrogen) atoms. The molecular weight excluding hydrogens is 344 g/mol. The Labute approximate surface area is 142 Å². The van der Waals surface area contributed by atoms with Gasteiger partial charge in [-0.15, -0.1) is 0 Å². The molecule has 0 saturated carbocycles. The van der Waals surface area contributed by atoms with E-state index in [1.54, 1.807) is 0 Å². The summed E-state index contributed by atoms with van der Waals surface area (Å²) in [5.41, 5.74) is 0. The monoisotopic (exact) mass is 362 g/mol. The Kier molecular flexibility index (Phi) is 6.86. The summed E-state index contributed by atoms with van der Waals surface area (Å²) in [5, 5.41) is 9.29. The van der Waals surface area contributed by atoms with E-state index in [-0.39, 0.29) is 0 Å². The molecular formula is C14H18O11. The normalized spacial score (nSPS) is 28.4. The van der Waals surface area contributed by atoms with Gasteiger partial charge in [0.2, 0.25) is 12.4 Å². The van der Waals surface area contributed by atoms with Crippen LogP contribution in [-0.4, -0.2) is 65.7 Å². The van der Waals surface area contributed by atoms with Crippen LogP contribution in [0.25, 0.3) is 0 Å². The second-order valence-corrected chi connectivity index (χ2v) is 5.09. The lowest BCUT2D eigenvalue weighted by atomic mass is 9.98. The SMILES string of the molecule is CC(=O)OC1[C@H](OC(C)=O)OC(C(=O)O)[C@H](OC(C)=O)[C@@H]1OC(C)=O. The Morgan fingerprint density at radius 1 is 0.680 bits per heavy atom. The molecule has 0 aromatic heterocycles. The first-order chi connectivity index (χ1) is 11.5. The predicted molar refractivity (Wildman–Crippen MR) is 74.7 cm³/mol. The standard InChI is InChI=1S/C14H18O11/c1-5(15)21-9-10(22-6(2)16)12(23-7(3)17)14(24-8(4)18)25-11(9)13(19)20/h9-12,14H,1-4H3,(H,19,20)/t9-,10+,11?,12?,14-/m1/s1. The lowest BCUT2D eigenvalue weighted by Gasteiger charge is -2.42. The van der Waals surface area contributed by atoms with E-state index >= 15 is 0 Å². The van der Waals surface area contributed by atoms with Gasteiger partial charge in [-0.1, -0.05) is 0 Å². The molecule has 1 rings (SSSR count). The zero-order valence-electron chi connectivity index (χ0n) is 13.9. The van der Waals surface area contributed by atoms with Crippen LogP contribution in [0.5, 0.6) is 0 Å². The first-order valence-corrected chi connectivity index (χ1v) is 7.10. The Morgan fingerprint density at radius 3 is 1.48 bits per heavy atom. The number of carboxylic acids is 1. The summed E-state index contributed by atoms with van der Waals surface area (Å²) >= 11 is 0. The van der Waals surface area contributed by atoms with Crippen LogP contribution in [0.3, 0.4) is 0 Å². The minimum absolute atomic E-state index is 0.849. The van der Waals surface area contributed by atoms with Crippen molar-refractivity contribution in [1.29, 1.82) is 0 Å². The number of ether oxygens (including phenoxy) is 5. The van der Waals surface area contributed by atoms with E-state index in [0.717, 1.165) is 27.7 Å². The van der Waals surface area contributed by atoms with Crippen LogP contribution in [0.15, 0.2) is 0 Å². The van der Waals surface area contributed by atoms with Crippen LogP contribution >= 0.6 is 0 Å². The van der Waals surface area contributed by atoms with Gasteiger partial charge in [0.05, 0.1) is 0 Å². The van der Waals surface area contributed by atoms with Crippen LogP contribution in [0.2, 0.25) is 0 Å². The maximum Gasteiger partial charge on any atom is 0.337 e. The molecule has 1 N–H and O–H groups in total. The highest BCUT2D eigenvalue weighted by Crippen LogP contribution is 2.29. The Hall–Kier alpha value is -2.69. The number of esters is 4. The van der Waals surface area contributed by atoms with E-state index < -0.39 is 60.6 Å². The van der Waals surface area contributed by atoms with Crippen molar-refractivity contribution >= 4 is 29.8 Å². The van der Waals surface area contributed by atoms with Gasteiger partial charge in [-0.3, -0.25) is 19.2 Å². The fourth-order valence-corrected chi connectivity index (χ4v) is 2.23. The van der Waals surface area contributed by atoms with E-state index in [4.69, 9.17) is 23.7 Å². The van der Waals surface area contributed by atoms with Crippen molar-refractivity contribution in [3.05, 3.63) is 0 Å². The average Bonchev–Trinajstić information content (AvgIpc) is 2.42. The van der Waals surface area contributed by atoms with Gasteiger partial charge in [-0.2, -0.15) is 0 Å². The topological polar surface area (TPSA) is 152 Å². The molecule has 0 bridgehead atoms. The number of carbonyl (C=O) groups excluding carboxylic acids is 4. The zero-order valence-corrected chi connectivity index (χ0v) is 13.9. The Balaban J connectivity index is 3.33. The molecule has 1 saturated heterocycles. The lowest BCUT2D eigenvalue weighted by Crippen LogP contribution is -2.63. The van der Waals surface area contributed by atoms with Crippen LogP contribution in [0, 0.1) is 0 Å². The molecule has 11 heteroatoms. The molecule has 2 unspecified atom stereocenters. The third-order valence-electron chi connectivity index (χ3n) is 2.93. The molecule has 140 valence electrons. The summed E-state index contributed by atoms with van der Waals surface area (Å²) in [4.78, 5) is 56.7. The van der Waals surface area contributed by atoms with Crippen LogP contribution in [0.4, 0.5) is 0 Å². The van der Waals surface area contributed by atoms with Crippen LogP contribution in [0.1, 0.15) is 27.7 Å². The molecule has 0 spiro atoms. The van der Waals surface area contributed by atoms with Crippen molar-refractivity contribution in [2.45, 2.75) is 58.4 Å². The molecule has 11 nitrogen and oxygen atoms in total. The molecule has 0 aromatic carbocycles. The molecule has 1 heterocycles. The first-order valence-electron chi connectivity index (χ1n) is 7.10. The fraction of sp³-hybridized carbons (Fsp3) is 0.643. The summed E-state index contributed by atoms with van der Waals surface area (Å²) in [6.07, 6.45) is -8.24. The van der Waals surface area contributed by atoms with Gasteiger partial charge in [0.1, 0.15) is 0 Å². The van der Waals surface area contributed by atoms with Crippen molar-refractivity contribution in [3.63, 3.8) is 0 Å². The predicted octanol–water partition coefficient (Wildman–Crippen LogP) is -0.846. The number of hydrogen-bond acceptors (Lipinski definition) is 10. The van der Waals surface area contributed by atoms with Crippen molar-refractivity contribution < 1.29 is 52.8 Å². The maximum atomic E-state index is 11.4. The summed E-state index contributed by atoms with van der Waals surface area (Å²) < 4.78 is 24.8. The quantitative estimate of drug-likeness (QED) is 0.481. The van der Waals surface area contributed by atoms with E-state index in [1.807, 2.05) is 0 Å². The second kappa shape index (κ2) is 8.42. The summed E-state index contributed by atoms with van der Waals surface area (Å²) in [6.45, 7) is 4.06. The molecule has 1 aliphatic heterocycles. The molecule has 0 amide bonds. The highest BCUT2D eigenvalue weighted by molar-refractivity contribution is 5.75. The van der Waals surface area contributed by atoms with Crippen LogP contribution in [-0.2, 0) is 47.7 Å². The van der Waals surface area contributed by atoms with Gasteiger partial charge in [0.25, 0.3) is 0 Å². The minimum Gasteiger partial charge on any atom is -0.479 e. The highest BCUT2D eigenvalue weighted by Gasteiger charge is 2.55. The number of hydrogen-bond donors (Lipinski definition) is 1.